The van der Waals surface area contributed by atoms with Crippen LogP contribution < -0.4 is 11.1 Å². The van der Waals surface area contributed by atoms with Crippen LogP contribution in [0, 0.1) is 0 Å². The number of aliphatic imine (C=N–C) groups is 1. The van der Waals surface area contributed by atoms with Crippen molar-refractivity contribution in [1.82, 2.24) is 5.32 Å². The summed E-state index contributed by atoms with van der Waals surface area (Å²) < 4.78 is 0. The van der Waals surface area contributed by atoms with Crippen LogP contribution in [0.4, 0.5) is 0 Å². The minimum absolute atomic E-state index is 0.105. The van der Waals surface area contributed by atoms with Crippen molar-refractivity contribution in [2.45, 2.75) is 49.8 Å². The fraction of sp³-hybridized carbons (Fsp3) is 0.471. The van der Waals surface area contributed by atoms with Gasteiger partial charge < -0.3 is 11.1 Å². The molecule has 3 atom stereocenters. The average molecular weight is 331 g/mol. The van der Waals surface area contributed by atoms with Crippen LogP contribution in [0.25, 0.3) is 0 Å². The second kappa shape index (κ2) is 6.35. The van der Waals surface area contributed by atoms with Crippen molar-refractivity contribution in [3.63, 3.8) is 0 Å². The number of hydrogen-bond acceptors (Lipinski definition) is 4. The van der Waals surface area contributed by atoms with Crippen molar-refractivity contribution >= 4 is 28.7 Å². The van der Waals surface area contributed by atoms with Crippen molar-refractivity contribution in [3.05, 3.63) is 35.4 Å². The molecule has 3 N–H and O–H groups in total. The molecular weight excluding hydrogens is 310 g/mol. The molecule has 1 aromatic carbocycles. The van der Waals surface area contributed by atoms with Gasteiger partial charge in [-0.1, -0.05) is 49.9 Å². The van der Waals surface area contributed by atoms with Gasteiger partial charge in [-0.15, -0.1) is 0 Å². The van der Waals surface area contributed by atoms with E-state index in [-0.39, 0.29) is 29.4 Å². The number of carbonyl (C=O) groups is 2. The van der Waals surface area contributed by atoms with E-state index in [0.717, 1.165) is 6.42 Å². The van der Waals surface area contributed by atoms with Gasteiger partial charge in [0.2, 0.25) is 5.91 Å². The molecule has 0 unspecified atom stereocenters. The van der Waals surface area contributed by atoms with Crippen molar-refractivity contribution in [2.75, 3.05) is 0 Å². The Kier molecular flexibility index (Phi) is 4.43. The van der Waals surface area contributed by atoms with E-state index < -0.39 is 5.25 Å². The molecule has 2 aliphatic rings. The van der Waals surface area contributed by atoms with Gasteiger partial charge in [0.15, 0.2) is 5.17 Å². The van der Waals surface area contributed by atoms with Gasteiger partial charge in [0, 0.05) is 18.4 Å². The number of nitrogens with one attached hydrogen (secondary N) is 1. The minimum atomic E-state index is -0.461. The summed E-state index contributed by atoms with van der Waals surface area (Å²) in [5.74, 6) is 0.495. The zero-order valence-corrected chi connectivity index (χ0v) is 14.1. The number of nitrogens with two attached hydrogens (primary N) is 1. The quantitative estimate of drug-likeness (QED) is 0.865. The van der Waals surface area contributed by atoms with Crippen LogP contribution in [0.3, 0.4) is 0 Å². The highest BCUT2D eigenvalue weighted by atomic mass is 32.2. The van der Waals surface area contributed by atoms with Crippen molar-refractivity contribution < 1.29 is 9.59 Å². The van der Waals surface area contributed by atoms with Gasteiger partial charge in [-0.3, -0.25) is 9.59 Å². The first-order valence-corrected chi connectivity index (χ1v) is 8.76. The van der Waals surface area contributed by atoms with Crippen LogP contribution >= 0.6 is 11.8 Å². The topological polar surface area (TPSA) is 84.6 Å². The van der Waals surface area contributed by atoms with E-state index in [1.54, 1.807) is 0 Å². The molecular formula is C17H21N3O2S. The Morgan fingerprint density at radius 2 is 2.09 bits per heavy atom. The van der Waals surface area contributed by atoms with Crippen molar-refractivity contribution in [3.8, 4) is 0 Å². The highest BCUT2D eigenvalue weighted by molar-refractivity contribution is 8.15. The summed E-state index contributed by atoms with van der Waals surface area (Å²) in [6, 6.07) is 8.79. The third kappa shape index (κ3) is 3.75. The van der Waals surface area contributed by atoms with Crippen LogP contribution in [0.1, 0.15) is 49.7 Å². The molecule has 5 nitrogen and oxygen atoms in total. The number of nitrogens with zero attached hydrogens (tertiary/aromatic N) is 1. The standard InChI is InChI=1S/C17H21N3O2S/c1-9(2)10-3-5-11(6-4-10)12-7-13(12)19-15(21)8-14-16(22)20-17(18)23-14/h3-6,9,12-14H,7-8H2,1-2H3,(H,19,21)(H2,18,20,22)/t12-,13-,14-/m0/s1. The lowest BCUT2D eigenvalue weighted by Crippen LogP contribution is -2.30. The summed E-state index contributed by atoms with van der Waals surface area (Å²) in [7, 11) is 0. The van der Waals surface area contributed by atoms with E-state index in [2.05, 4.69) is 48.4 Å². The lowest BCUT2D eigenvalue weighted by Gasteiger charge is -2.09. The van der Waals surface area contributed by atoms with Crippen LogP contribution in [0.2, 0.25) is 0 Å². The average Bonchev–Trinajstić information content (AvgIpc) is 3.18. The molecule has 0 aromatic heterocycles. The van der Waals surface area contributed by atoms with E-state index in [1.165, 1.54) is 22.9 Å². The summed E-state index contributed by atoms with van der Waals surface area (Å²) in [6.45, 7) is 4.35. The SMILES string of the molecule is CC(C)c1ccc([C@@H]2C[C@@H]2NC(=O)C[C@@H]2SC(N)=NC2=O)cc1. The zero-order valence-electron chi connectivity index (χ0n) is 13.3. The Morgan fingerprint density at radius 1 is 1.39 bits per heavy atom. The van der Waals surface area contributed by atoms with Gasteiger partial charge in [-0.25, -0.2) is 0 Å². The van der Waals surface area contributed by atoms with Crippen LogP contribution in [-0.4, -0.2) is 28.3 Å². The molecule has 1 fully saturated rings. The summed E-state index contributed by atoms with van der Waals surface area (Å²) in [4.78, 5) is 27.2. The van der Waals surface area contributed by atoms with Crippen molar-refractivity contribution in [2.24, 2.45) is 10.7 Å². The summed E-state index contributed by atoms with van der Waals surface area (Å²) in [5, 5.41) is 2.80. The first-order valence-electron chi connectivity index (χ1n) is 7.88. The third-order valence-corrected chi connectivity index (χ3v) is 5.28. The number of hydrogen-bond donors (Lipinski definition) is 2. The van der Waals surface area contributed by atoms with Crippen LogP contribution in [0.5, 0.6) is 0 Å². The summed E-state index contributed by atoms with van der Waals surface area (Å²) in [5.41, 5.74) is 8.08. The van der Waals surface area contributed by atoms with Gasteiger partial charge in [-0.05, 0) is 23.5 Å². The third-order valence-electron chi connectivity index (χ3n) is 4.30. The Hall–Kier alpha value is -1.82. The molecule has 0 radical (unpaired) electrons. The molecule has 0 spiro atoms. The summed E-state index contributed by atoms with van der Waals surface area (Å²) >= 11 is 1.17. The molecule has 1 aromatic rings. The molecule has 1 saturated carbocycles. The van der Waals surface area contributed by atoms with Crippen LogP contribution in [0.15, 0.2) is 29.3 Å². The number of rotatable bonds is 5. The fourth-order valence-corrected chi connectivity index (χ4v) is 3.64. The highest BCUT2D eigenvalue weighted by Gasteiger charge is 2.40. The molecule has 1 heterocycles. The largest absolute Gasteiger partial charge is 0.378 e. The first-order chi connectivity index (χ1) is 10.9. The second-order valence-corrected chi connectivity index (χ2v) is 7.66. The molecule has 2 amide bonds. The van der Waals surface area contributed by atoms with E-state index in [1.807, 2.05) is 0 Å². The summed E-state index contributed by atoms with van der Waals surface area (Å²) in [6.07, 6.45) is 1.10. The molecule has 6 heteroatoms. The van der Waals surface area contributed by atoms with Gasteiger partial charge in [0.05, 0.1) is 0 Å². The smallest absolute Gasteiger partial charge is 0.262 e. The highest BCUT2D eigenvalue weighted by Crippen LogP contribution is 2.41. The Labute approximate surface area is 140 Å². The molecule has 1 aliphatic heterocycles. The Balaban J connectivity index is 1.49. The van der Waals surface area contributed by atoms with Gasteiger partial charge in [0.25, 0.3) is 5.91 Å². The number of amidine groups is 1. The molecule has 1 aliphatic carbocycles. The normalized spacial score (nSPS) is 26.3. The second-order valence-electron chi connectivity index (χ2n) is 6.44. The van der Waals surface area contributed by atoms with E-state index in [9.17, 15) is 9.59 Å². The maximum atomic E-state index is 12.1. The Morgan fingerprint density at radius 3 is 2.65 bits per heavy atom. The lowest BCUT2D eigenvalue weighted by atomic mass is 10.0. The number of benzene rings is 1. The van der Waals surface area contributed by atoms with Crippen LogP contribution in [-0.2, 0) is 9.59 Å². The van der Waals surface area contributed by atoms with E-state index >= 15 is 0 Å². The fourth-order valence-electron chi connectivity index (χ4n) is 2.82. The van der Waals surface area contributed by atoms with Gasteiger partial charge >= 0.3 is 0 Å². The molecule has 23 heavy (non-hydrogen) atoms. The Bertz CT molecular complexity index is 654. The minimum Gasteiger partial charge on any atom is -0.378 e. The van der Waals surface area contributed by atoms with E-state index in [0.29, 0.717) is 11.8 Å². The number of amides is 2. The first kappa shape index (κ1) is 16.1. The predicted octanol–water partition coefficient (Wildman–Crippen LogP) is 2.13. The molecule has 3 rings (SSSR count). The lowest BCUT2D eigenvalue weighted by molar-refractivity contribution is -0.124. The number of carbonyl (C=O) groups excluding carboxylic acids is 2. The molecule has 0 saturated heterocycles. The monoisotopic (exact) mass is 331 g/mol. The zero-order chi connectivity index (χ0) is 16.6. The van der Waals surface area contributed by atoms with Gasteiger partial charge in [-0.2, -0.15) is 4.99 Å². The van der Waals surface area contributed by atoms with Gasteiger partial charge in [0.1, 0.15) is 5.25 Å². The predicted molar refractivity (Wildman–Crippen MR) is 92.4 cm³/mol. The van der Waals surface area contributed by atoms with E-state index in [4.69, 9.17) is 5.73 Å². The maximum Gasteiger partial charge on any atom is 0.262 e. The number of thioether (sulfide) groups is 1. The maximum absolute atomic E-state index is 12.1. The van der Waals surface area contributed by atoms with Crippen molar-refractivity contribution in [1.29, 1.82) is 0 Å². The molecule has 0 bridgehead atoms. The molecule has 122 valence electrons.